The van der Waals surface area contributed by atoms with Gasteiger partial charge in [0.15, 0.2) is 11.5 Å². The van der Waals surface area contributed by atoms with Gasteiger partial charge in [-0.1, -0.05) is 12.1 Å². The van der Waals surface area contributed by atoms with Gasteiger partial charge >= 0.3 is 0 Å². The number of hydrogen-bond donors (Lipinski definition) is 3. The maximum atomic E-state index is 12.5. The zero-order valence-corrected chi connectivity index (χ0v) is 18.9. The Morgan fingerprint density at radius 3 is 2.24 bits per heavy atom. The highest BCUT2D eigenvalue weighted by molar-refractivity contribution is 8.00. The Labute approximate surface area is 195 Å². The minimum atomic E-state index is -0.607. The van der Waals surface area contributed by atoms with E-state index in [1.54, 1.807) is 66.7 Å². The van der Waals surface area contributed by atoms with Crippen molar-refractivity contribution >= 4 is 40.9 Å². The second kappa shape index (κ2) is 11.1. The number of amides is 3. The van der Waals surface area contributed by atoms with Crippen LogP contribution >= 0.6 is 11.8 Å². The van der Waals surface area contributed by atoms with Crippen molar-refractivity contribution < 1.29 is 23.9 Å². The average Bonchev–Trinajstić information content (AvgIpc) is 2.83. The number of benzene rings is 3. The predicted octanol–water partition coefficient (Wildman–Crippen LogP) is 3.79. The summed E-state index contributed by atoms with van der Waals surface area (Å²) in [6.07, 6.45) is 0. The van der Waals surface area contributed by atoms with E-state index in [0.29, 0.717) is 28.4 Å². The molecular formula is C24H23N3O5S. The van der Waals surface area contributed by atoms with Gasteiger partial charge in [-0.25, -0.2) is 0 Å². The van der Waals surface area contributed by atoms with E-state index in [1.807, 2.05) is 0 Å². The van der Waals surface area contributed by atoms with Crippen molar-refractivity contribution in [2.75, 3.05) is 30.6 Å². The monoisotopic (exact) mass is 465 g/mol. The molecular weight excluding hydrogens is 442 g/mol. The molecule has 0 radical (unpaired) electrons. The fraction of sp³-hybridized carbons (Fsp3) is 0.125. The van der Waals surface area contributed by atoms with Gasteiger partial charge in [-0.3, -0.25) is 14.4 Å². The summed E-state index contributed by atoms with van der Waals surface area (Å²) in [6.45, 7) is 0. The van der Waals surface area contributed by atoms with Crippen LogP contribution < -0.4 is 25.8 Å². The van der Waals surface area contributed by atoms with Gasteiger partial charge in [-0.2, -0.15) is 0 Å². The Morgan fingerprint density at radius 1 is 0.879 bits per heavy atom. The normalized spacial score (nSPS) is 10.2. The lowest BCUT2D eigenvalue weighted by atomic mass is 10.1. The van der Waals surface area contributed by atoms with E-state index in [2.05, 4.69) is 10.6 Å². The molecule has 0 aliphatic heterocycles. The number of para-hydroxylation sites is 1. The minimum Gasteiger partial charge on any atom is -0.493 e. The van der Waals surface area contributed by atoms with E-state index in [4.69, 9.17) is 15.2 Å². The molecule has 0 aliphatic carbocycles. The smallest absolute Gasteiger partial charge is 0.255 e. The SMILES string of the molecule is COc1ccc(C(=O)Nc2ccc(SCC(=O)Nc3ccccc3C(N)=O)cc2)cc1OC. The third-order valence-corrected chi connectivity index (χ3v) is 5.61. The minimum absolute atomic E-state index is 0.143. The van der Waals surface area contributed by atoms with E-state index >= 15 is 0 Å². The number of anilines is 2. The lowest BCUT2D eigenvalue weighted by molar-refractivity contribution is -0.113. The van der Waals surface area contributed by atoms with Crippen LogP contribution in [-0.4, -0.2) is 37.7 Å². The summed E-state index contributed by atoms with van der Waals surface area (Å²) in [5, 5.41) is 5.52. The molecule has 8 nitrogen and oxygen atoms in total. The van der Waals surface area contributed by atoms with Crippen molar-refractivity contribution in [1.29, 1.82) is 0 Å². The van der Waals surface area contributed by atoms with Gasteiger partial charge < -0.3 is 25.8 Å². The molecule has 0 atom stereocenters. The number of nitrogens with one attached hydrogen (secondary N) is 2. The number of nitrogens with two attached hydrogens (primary N) is 1. The molecule has 0 fully saturated rings. The highest BCUT2D eigenvalue weighted by atomic mass is 32.2. The van der Waals surface area contributed by atoms with Crippen LogP contribution in [0.3, 0.4) is 0 Å². The number of methoxy groups -OCH3 is 2. The van der Waals surface area contributed by atoms with Crippen LogP contribution in [0.2, 0.25) is 0 Å². The van der Waals surface area contributed by atoms with Crippen molar-refractivity contribution in [3.8, 4) is 11.5 Å². The van der Waals surface area contributed by atoms with Crippen LogP contribution in [0.1, 0.15) is 20.7 Å². The summed E-state index contributed by atoms with van der Waals surface area (Å²) in [5.41, 5.74) is 7.00. The molecule has 0 heterocycles. The van der Waals surface area contributed by atoms with Crippen molar-refractivity contribution in [3.63, 3.8) is 0 Å². The Morgan fingerprint density at radius 2 is 1.58 bits per heavy atom. The first-order valence-electron chi connectivity index (χ1n) is 9.86. The summed E-state index contributed by atoms with van der Waals surface area (Å²) >= 11 is 1.32. The van der Waals surface area contributed by atoms with E-state index in [9.17, 15) is 14.4 Å². The molecule has 0 saturated heterocycles. The largest absolute Gasteiger partial charge is 0.493 e. The van der Waals surface area contributed by atoms with Crippen LogP contribution in [0.5, 0.6) is 11.5 Å². The maximum Gasteiger partial charge on any atom is 0.255 e. The quantitative estimate of drug-likeness (QED) is 0.414. The average molecular weight is 466 g/mol. The third-order valence-electron chi connectivity index (χ3n) is 4.59. The number of carbonyl (C=O) groups excluding carboxylic acids is 3. The van der Waals surface area contributed by atoms with Gasteiger partial charge in [0.2, 0.25) is 5.91 Å². The second-order valence-electron chi connectivity index (χ2n) is 6.79. The van der Waals surface area contributed by atoms with Gasteiger partial charge in [0, 0.05) is 16.1 Å². The molecule has 3 aromatic rings. The molecule has 0 unspecified atom stereocenters. The van der Waals surface area contributed by atoms with Crippen molar-refractivity contribution in [2.45, 2.75) is 4.90 Å². The predicted molar refractivity (Wildman–Crippen MR) is 128 cm³/mol. The zero-order chi connectivity index (χ0) is 23.8. The first-order chi connectivity index (χ1) is 15.9. The van der Waals surface area contributed by atoms with Crippen molar-refractivity contribution in [3.05, 3.63) is 77.9 Å². The number of ether oxygens (including phenoxy) is 2. The summed E-state index contributed by atoms with van der Waals surface area (Å²) in [4.78, 5) is 37.1. The molecule has 9 heteroatoms. The Kier molecular flexibility index (Phi) is 7.93. The van der Waals surface area contributed by atoms with Crippen LogP contribution in [0, 0.1) is 0 Å². The zero-order valence-electron chi connectivity index (χ0n) is 18.1. The molecule has 3 rings (SSSR count). The number of carbonyl (C=O) groups is 3. The van der Waals surface area contributed by atoms with Gasteiger partial charge in [0.1, 0.15) is 0 Å². The van der Waals surface area contributed by atoms with Crippen LogP contribution in [0.4, 0.5) is 11.4 Å². The first kappa shape index (κ1) is 23.7. The molecule has 33 heavy (non-hydrogen) atoms. The van der Waals surface area contributed by atoms with Gasteiger partial charge in [-0.05, 0) is 54.6 Å². The molecule has 0 aliphatic rings. The van der Waals surface area contributed by atoms with E-state index < -0.39 is 5.91 Å². The fourth-order valence-electron chi connectivity index (χ4n) is 2.96. The van der Waals surface area contributed by atoms with Crippen LogP contribution in [-0.2, 0) is 4.79 Å². The molecule has 0 bridgehead atoms. The Balaban J connectivity index is 1.56. The summed E-state index contributed by atoms with van der Waals surface area (Å²) in [7, 11) is 3.04. The highest BCUT2D eigenvalue weighted by Gasteiger charge is 2.12. The van der Waals surface area contributed by atoms with Crippen LogP contribution in [0.15, 0.2) is 71.6 Å². The van der Waals surface area contributed by atoms with Gasteiger partial charge in [-0.15, -0.1) is 11.8 Å². The lowest BCUT2D eigenvalue weighted by Gasteiger charge is -2.10. The van der Waals surface area contributed by atoms with Crippen molar-refractivity contribution in [2.24, 2.45) is 5.73 Å². The number of hydrogen-bond acceptors (Lipinski definition) is 6. The van der Waals surface area contributed by atoms with Crippen molar-refractivity contribution in [1.82, 2.24) is 0 Å². The maximum absolute atomic E-state index is 12.5. The molecule has 4 N–H and O–H groups in total. The topological polar surface area (TPSA) is 120 Å². The molecule has 0 saturated carbocycles. The standard InChI is InChI=1S/C24H23N3O5S/c1-31-20-12-7-15(13-21(20)32-2)24(30)26-16-8-10-17(11-9-16)33-14-22(28)27-19-6-4-3-5-18(19)23(25)29/h3-13H,14H2,1-2H3,(H2,25,29)(H,26,30)(H,27,28). The molecule has 3 aromatic carbocycles. The number of thioether (sulfide) groups is 1. The van der Waals surface area contributed by atoms with E-state index in [0.717, 1.165) is 4.90 Å². The van der Waals surface area contributed by atoms with E-state index in [1.165, 1.54) is 26.0 Å². The number of primary amides is 1. The first-order valence-corrected chi connectivity index (χ1v) is 10.8. The highest BCUT2D eigenvalue weighted by Crippen LogP contribution is 2.28. The van der Waals surface area contributed by atoms with Crippen LogP contribution in [0.25, 0.3) is 0 Å². The lowest BCUT2D eigenvalue weighted by Crippen LogP contribution is -2.19. The fourth-order valence-corrected chi connectivity index (χ4v) is 3.66. The summed E-state index contributed by atoms with van der Waals surface area (Å²) in [6, 6.07) is 18.6. The third kappa shape index (κ3) is 6.27. The molecule has 170 valence electrons. The Hall–Kier alpha value is -3.98. The molecule has 3 amide bonds. The summed E-state index contributed by atoms with van der Waals surface area (Å²) in [5.74, 6) is -0.0105. The number of rotatable bonds is 9. The van der Waals surface area contributed by atoms with Gasteiger partial charge in [0.05, 0.1) is 31.2 Å². The molecule has 0 aromatic heterocycles. The second-order valence-corrected chi connectivity index (χ2v) is 7.84. The van der Waals surface area contributed by atoms with Gasteiger partial charge in [0.25, 0.3) is 11.8 Å². The molecule has 0 spiro atoms. The Bertz CT molecular complexity index is 1170. The summed E-state index contributed by atoms with van der Waals surface area (Å²) < 4.78 is 10.4. The van der Waals surface area contributed by atoms with E-state index in [-0.39, 0.29) is 23.1 Å².